The minimum atomic E-state index is -0.252. The highest BCUT2D eigenvalue weighted by molar-refractivity contribution is 5.85. The zero-order valence-corrected chi connectivity index (χ0v) is 13.1. The van der Waals surface area contributed by atoms with Gasteiger partial charge in [0.05, 0.1) is 12.5 Å². The van der Waals surface area contributed by atoms with Gasteiger partial charge in [0.15, 0.2) is 0 Å². The molecular formula is C14H24N4O4. The third-order valence-electron chi connectivity index (χ3n) is 3.43. The average molecular weight is 312 g/mol. The molecule has 1 saturated heterocycles. The molecular weight excluding hydrogens is 288 g/mol. The highest BCUT2D eigenvalue weighted by Gasteiger charge is 2.28. The second-order valence-corrected chi connectivity index (χ2v) is 5.36. The van der Waals surface area contributed by atoms with Gasteiger partial charge in [0.25, 0.3) is 0 Å². The molecule has 0 aromatic carbocycles. The number of piperidine rings is 1. The Morgan fingerprint density at radius 1 is 1.00 bits per heavy atom. The van der Waals surface area contributed by atoms with Crippen LogP contribution in [0.15, 0.2) is 0 Å². The van der Waals surface area contributed by atoms with E-state index >= 15 is 0 Å². The monoisotopic (exact) mass is 312 g/mol. The number of amides is 4. The van der Waals surface area contributed by atoms with Gasteiger partial charge in [-0.25, -0.2) is 0 Å². The molecule has 0 aliphatic carbocycles. The van der Waals surface area contributed by atoms with Crippen LogP contribution in [0, 0.1) is 5.92 Å². The normalized spacial score (nSPS) is 17.5. The number of hydrogen-bond donors (Lipinski definition) is 3. The van der Waals surface area contributed by atoms with E-state index in [4.69, 9.17) is 0 Å². The molecule has 8 nitrogen and oxygen atoms in total. The van der Waals surface area contributed by atoms with E-state index in [-0.39, 0.29) is 36.1 Å². The van der Waals surface area contributed by atoms with Crippen LogP contribution in [0.3, 0.4) is 0 Å². The topological polar surface area (TPSA) is 108 Å². The van der Waals surface area contributed by atoms with Crippen molar-refractivity contribution in [3.05, 3.63) is 0 Å². The molecule has 1 fully saturated rings. The lowest BCUT2D eigenvalue weighted by atomic mass is 9.97. The van der Waals surface area contributed by atoms with Crippen LogP contribution < -0.4 is 16.0 Å². The molecule has 3 N–H and O–H groups in total. The first kappa shape index (κ1) is 17.9. The summed E-state index contributed by atoms with van der Waals surface area (Å²) < 4.78 is 0. The first-order valence-electron chi connectivity index (χ1n) is 7.44. The number of carbonyl (C=O) groups excluding carboxylic acids is 4. The van der Waals surface area contributed by atoms with Gasteiger partial charge in [-0.05, 0) is 12.8 Å². The van der Waals surface area contributed by atoms with Crippen molar-refractivity contribution in [2.24, 2.45) is 5.92 Å². The van der Waals surface area contributed by atoms with Gasteiger partial charge in [-0.15, -0.1) is 0 Å². The minimum Gasteiger partial charge on any atom is -0.355 e. The first-order valence-corrected chi connectivity index (χ1v) is 7.44. The maximum absolute atomic E-state index is 12.0. The predicted octanol–water partition coefficient (Wildman–Crippen LogP) is -1.39. The Bertz CT molecular complexity index is 439. The SMILES string of the molecule is CC(=O)NCCNC(=O)C1CCCN(C(=O)CNC(C)=O)C1. The van der Waals surface area contributed by atoms with Crippen LogP contribution in [-0.2, 0) is 19.2 Å². The molecule has 0 aromatic rings. The maximum Gasteiger partial charge on any atom is 0.241 e. The van der Waals surface area contributed by atoms with Crippen molar-refractivity contribution in [3.63, 3.8) is 0 Å². The van der Waals surface area contributed by atoms with E-state index in [0.717, 1.165) is 12.8 Å². The van der Waals surface area contributed by atoms with Gasteiger partial charge in [0.1, 0.15) is 0 Å². The number of nitrogens with one attached hydrogen (secondary N) is 3. The summed E-state index contributed by atoms with van der Waals surface area (Å²) in [5.74, 6) is -0.917. The van der Waals surface area contributed by atoms with Crippen molar-refractivity contribution in [2.45, 2.75) is 26.7 Å². The molecule has 0 radical (unpaired) electrons. The molecule has 0 bridgehead atoms. The van der Waals surface area contributed by atoms with Gasteiger partial charge in [-0.3, -0.25) is 19.2 Å². The van der Waals surface area contributed by atoms with Crippen LogP contribution in [-0.4, -0.2) is 61.3 Å². The fourth-order valence-corrected chi connectivity index (χ4v) is 2.30. The van der Waals surface area contributed by atoms with Crippen LogP contribution in [0.5, 0.6) is 0 Å². The van der Waals surface area contributed by atoms with E-state index in [1.54, 1.807) is 4.90 Å². The van der Waals surface area contributed by atoms with Crippen molar-refractivity contribution in [1.29, 1.82) is 0 Å². The fraction of sp³-hybridized carbons (Fsp3) is 0.714. The highest BCUT2D eigenvalue weighted by atomic mass is 16.2. The quantitative estimate of drug-likeness (QED) is 0.525. The van der Waals surface area contributed by atoms with Gasteiger partial charge >= 0.3 is 0 Å². The van der Waals surface area contributed by atoms with E-state index in [2.05, 4.69) is 16.0 Å². The molecule has 1 rings (SSSR count). The van der Waals surface area contributed by atoms with E-state index in [1.165, 1.54) is 13.8 Å². The Kier molecular flexibility index (Phi) is 7.34. The second kappa shape index (κ2) is 9.01. The summed E-state index contributed by atoms with van der Waals surface area (Å²) in [6.07, 6.45) is 1.49. The van der Waals surface area contributed by atoms with E-state index in [1.807, 2.05) is 0 Å². The molecule has 0 spiro atoms. The molecule has 0 saturated carbocycles. The largest absolute Gasteiger partial charge is 0.355 e. The first-order chi connectivity index (χ1) is 10.4. The van der Waals surface area contributed by atoms with Crippen LogP contribution in [0.1, 0.15) is 26.7 Å². The van der Waals surface area contributed by atoms with Gasteiger partial charge in [0.2, 0.25) is 23.6 Å². The number of nitrogens with zero attached hydrogens (tertiary/aromatic N) is 1. The summed E-state index contributed by atoms with van der Waals surface area (Å²) in [5, 5.41) is 7.82. The molecule has 1 atom stereocenters. The molecule has 0 aromatic heterocycles. The van der Waals surface area contributed by atoms with E-state index in [0.29, 0.717) is 26.2 Å². The summed E-state index contributed by atoms with van der Waals surface area (Å²) in [4.78, 5) is 47.1. The lowest BCUT2D eigenvalue weighted by molar-refractivity contribution is -0.136. The molecule has 1 heterocycles. The van der Waals surface area contributed by atoms with Crippen LogP contribution >= 0.6 is 0 Å². The predicted molar refractivity (Wildman–Crippen MR) is 79.7 cm³/mol. The van der Waals surface area contributed by atoms with Gasteiger partial charge < -0.3 is 20.9 Å². The third-order valence-corrected chi connectivity index (χ3v) is 3.43. The molecule has 124 valence electrons. The lowest BCUT2D eigenvalue weighted by Gasteiger charge is -2.32. The summed E-state index contributed by atoms with van der Waals surface area (Å²) in [5.41, 5.74) is 0. The van der Waals surface area contributed by atoms with Crippen LogP contribution in [0.25, 0.3) is 0 Å². The Labute approximate surface area is 130 Å². The van der Waals surface area contributed by atoms with Gasteiger partial charge in [0, 0.05) is 40.0 Å². The third kappa shape index (κ3) is 6.55. The average Bonchev–Trinajstić information content (AvgIpc) is 2.48. The van der Waals surface area contributed by atoms with Crippen molar-refractivity contribution in [2.75, 3.05) is 32.7 Å². The van der Waals surface area contributed by atoms with Crippen molar-refractivity contribution in [1.82, 2.24) is 20.9 Å². The van der Waals surface area contributed by atoms with Crippen LogP contribution in [0.4, 0.5) is 0 Å². The summed E-state index contributed by atoms with van der Waals surface area (Å²) in [7, 11) is 0. The zero-order valence-electron chi connectivity index (χ0n) is 13.1. The number of carbonyl (C=O) groups is 4. The zero-order chi connectivity index (χ0) is 16.5. The maximum atomic E-state index is 12.0. The second-order valence-electron chi connectivity index (χ2n) is 5.36. The number of likely N-dealkylation sites (tertiary alicyclic amines) is 1. The van der Waals surface area contributed by atoms with E-state index < -0.39 is 0 Å². The van der Waals surface area contributed by atoms with E-state index in [9.17, 15) is 19.2 Å². The summed E-state index contributed by atoms with van der Waals surface area (Å²) in [6.45, 7) is 4.47. The molecule has 22 heavy (non-hydrogen) atoms. The summed E-state index contributed by atoms with van der Waals surface area (Å²) in [6, 6.07) is 0. The lowest BCUT2D eigenvalue weighted by Crippen LogP contribution is -2.48. The molecule has 1 aliphatic heterocycles. The number of rotatable bonds is 6. The minimum absolute atomic E-state index is 0.0355. The molecule has 8 heteroatoms. The Hall–Kier alpha value is -2.12. The summed E-state index contributed by atoms with van der Waals surface area (Å²) >= 11 is 0. The Morgan fingerprint density at radius 3 is 2.27 bits per heavy atom. The standard InChI is InChI=1S/C14H24N4O4/c1-10(19)15-5-6-16-14(22)12-4-3-7-18(9-12)13(21)8-17-11(2)20/h12H,3-9H2,1-2H3,(H,15,19)(H,16,22)(H,17,20). The smallest absolute Gasteiger partial charge is 0.241 e. The van der Waals surface area contributed by atoms with Crippen molar-refractivity contribution >= 4 is 23.6 Å². The molecule has 1 unspecified atom stereocenters. The fourth-order valence-electron chi connectivity index (χ4n) is 2.30. The van der Waals surface area contributed by atoms with Crippen LogP contribution in [0.2, 0.25) is 0 Å². The van der Waals surface area contributed by atoms with Crippen molar-refractivity contribution in [3.8, 4) is 0 Å². The highest BCUT2D eigenvalue weighted by Crippen LogP contribution is 2.16. The Balaban J connectivity index is 2.35. The number of hydrogen-bond acceptors (Lipinski definition) is 4. The molecule has 4 amide bonds. The Morgan fingerprint density at radius 2 is 1.64 bits per heavy atom. The van der Waals surface area contributed by atoms with Gasteiger partial charge in [-0.2, -0.15) is 0 Å². The molecule has 1 aliphatic rings. The van der Waals surface area contributed by atoms with Gasteiger partial charge in [-0.1, -0.05) is 0 Å². The van der Waals surface area contributed by atoms with Crippen molar-refractivity contribution < 1.29 is 19.2 Å².